The Morgan fingerprint density at radius 2 is 2.11 bits per heavy atom. The zero-order chi connectivity index (χ0) is 21.1. The van der Waals surface area contributed by atoms with E-state index in [4.69, 9.17) is 27.2 Å². The second-order valence-corrected chi connectivity index (χ2v) is 6.03. The third-order valence-corrected chi connectivity index (χ3v) is 4.02. The molecule has 0 aliphatic rings. The number of aliphatic carboxylic acids is 1. The summed E-state index contributed by atoms with van der Waals surface area (Å²) in [5.41, 5.74) is 5.23. The summed E-state index contributed by atoms with van der Waals surface area (Å²) in [6.07, 6.45) is -3.99. The Labute approximate surface area is 162 Å². The van der Waals surface area contributed by atoms with E-state index in [1.54, 1.807) is 0 Å². The quantitative estimate of drug-likeness (QED) is 0.540. The van der Waals surface area contributed by atoms with Gasteiger partial charge in [-0.25, -0.2) is 4.98 Å². The van der Waals surface area contributed by atoms with Crippen molar-refractivity contribution in [3.05, 3.63) is 34.5 Å². The number of aromatic nitrogens is 2. The molecular weight excluding hydrogens is 403 g/mol. The molecule has 2 rings (SSSR count). The van der Waals surface area contributed by atoms with Gasteiger partial charge < -0.3 is 26.2 Å². The molecule has 1 aromatic heterocycles. The molecule has 0 amide bonds. The fourth-order valence-corrected chi connectivity index (χ4v) is 2.56. The van der Waals surface area contributed by atoms with E-state index in [-0.39, 0.29) is 23.1 Å². The van der Waals surface area contributed by atoms with Gasteiger partial charge in [0, 0.05) is 25.7 Å². The van der Waals surface area contributed by atoms with Crippen molar-refractivity contribution in [1.82, 2.24) is 9.97 Å². The first-order valence-corrected chi connectivity index (χ1v) is 8.18. The van der Waals surface area contributed by atoms with E-state index in [1.807, 2.05) is 0 Å². The number of carbonyl (C=O) groups is 1. The lowest BCUT2D eigenvalue weighted by Gasteiger charge is -2.16. The van der Waals surface area contributed by atoms with Crippen molar-refractivity contribution in [2.24, 2.45) is 5.73 Å². The maximum atomic E-state index is 12.9. The molecule has 28 heavy (non-hydrogen) atoms. The van der Waals surface area contributed by atoms with E-state index in [0.717, 1.165) is 0 Å². The van der Waals surface area contributed by atoms with Crippen LogP contribution in [0.2, 0.25) is 5.02 Å². The van der Waals surface area contributed by atoms with E-state index in [0.29, 0.717) is 17.5 Å². The van der Waals surface area contributed by atoms with Crippen molar-refractivity contribution in [3.63, 3.8) is 0 Å². The molecule has 0 saturated carbocycles. The molecule has 0 unspecified atom stereocenters. The van der Waals surface area contributed by atoms with Gasteiger partial charge in [-0.2, -0.15) is 18.2 Å². The van der Waals surface area contributed by atoms with Gasteiger partial charge in [-0.3, -0.25) is 4.79 Å². The third-order valence-electron chi connectivity index (χ3n) is 3.70. The molecule has 0 aliphatic heterocycles. The molecule has 1 aromatic carbocycles. The van der Waals surface area contributed by atoms with Crippen LogP contribution in [0.4, 0.5) is 30.6 Å². The van der Waals surface area contributed by atoms with Gasteiger partial charge in [0.25, 0.3) is 0 Å². The monoisotopic (exact) mass is 419 g/mol. The van der Waals surface area contributed by atoms with Gasteiger partial charge in [-0.15, -0.1) is 0 Å². The van der Waals surface area contributed by atoms with Crippen molar-refractivity contribution < 1.29 is 27.8 Å². The minimum absolute atomic E-state index is 0.0286. The van der Waals surface area contributed by atoms with Crippen LogP contribution in [0.25, 0.3) is 0 Å². The largest absolute Gasteiger partial charge is 0.496 e. The van der Waals surface area contributed by atoms with Crippen LogP contribution in [0.3, 0.4) is 0 Å². The second kappa shape index (κ2) is 8.48. The summed E-state index contributed by atoms with van der Waals surface area (Å²) in [5.74, 6) is -1.42. The number of anilines is 3. The summed E-state index contributed by atoms with van der Waals surface area (Å²) in [7, 11) is 2.67. The van der Waals surface area contributed by atoms with Gasteiger partial charge in [0.1, 0.15) is 23.2 Å². The van der Waals surface area contributed by atoms with Gasteiger partial charge >= 0.3 is 12.1 Å². The van der Waals surface area contributed by atoms with Crippen molar-refractivity contribution in [2.45, 2.75) is 18.6 Å². The molecule has 0 spiro atoms. The predicted octanol–water partition coefficient (Wildman–Crippen LogP) is 2.90. The zero-order valence-corrected chi connectivity index (χ0v) is 15.5. The van der Waals surface area contributed by atoms with Gasteiger partial charge in [0.15, 0.2) is 0 Å². The molecule has 2 aromatic rings. The Kier molecular flexibility index (Phi) is 6.52. The van der Waals surface area contributed by atoms with Crippen LogP contribution in [0.5, 0.6) is 5.75 Å². The number of benzene rings is 1. The number of halogens is 4. The molecule has 0 saturated heterocycles. The standard InChI is InChI=1S/C16H17ClF3N5O3/c1-22-13-8(16(18,19)20)6-23-15(25-13)24-11-5-12(28-2)7(3-9(11)17)4-10(21)14(26)27/h3,5-6,10H,4,21H2,1-2H3,(H,26,27)(H2,22,23,24,25)/t10-/m0/s1. The highest BCUT2D eigenvalue weighted by atomic mass is 35.5. The van der Waals surface area contributed by atoms with E-state index >= 15 is 0 Å². The minimum Gasteiger partial charge on any atom is -0.496 e. The highest BCUT2D eigenvalue weighted by molar-refractivity contribution is 6.33. The smallest absolute Gasteiger partial charge is 0.421 e. The number of rotatable bonds is 7. The molecular formula is C16H17ClF3N5O3. The molecule has 0 fully saturated rings. The fourth-order valence-electron chi connectivity index (χ4n) is 2.32. The van der Waals surface area contributed by atoms with Crippen molar-refractivity contribution >= 4 is 35.0 Å². The first-order chi connectivity index (χ1) is 13.1. The Morgan fingerprint density at radius 1 is 1.43 bits per heavy atom. The molecule has 152 valence electrons. The zero-order valence-electron chi connectivity index (χ0n) is 14.8. The lowest BCUT2D eigenvalue weighted by atomic mass is 10.0. The summed E-state index contributed by atoms with van der Waals surface area (Å²) in [6, 6.07) is 1.75. The van der Waals surface area contributed by atoms with Crippen LogP contribution < -0.4 is 21.1 Å². The molecule has 8 nitrogen and oxygen atoms in total. The average Bonchev–Trinajstić information content (AvgIpc) is 2.62. The number of ether oxygens (including phenoxy) is 1. The Morgan fingerprint density at radius 3 is 2.64 bits per heavy atom. The Bertz CT molecular complexity index is 879. The molecule has 12 heteroatoms. The first-order valence-electron chi connectivity index (χ1n) is 7.80. The number of nitrogens with zero attached hydrogens (tertiary/aromatic N) is 2. The van der Waals surface area contributed by atoms with Crippen molar-refractivity contribution in [3.8, 4) is 5.75 Å². The van der Waals surface area contributed by atoms with E-state index in [9.17, 15) is 18.0 Å². The normalized spacial score (nSPS) is 12.4. The van der Waals surface area contributed by atoms with Gasteiger partial charge in [0.2, 0.25) is 5.95 Å². The fraction of sp³-hybridized carbons (Fsp3) is 0.312. The van der Waals surface area contributed by atoms with Crippen molar-refractivity contribution in [2.75, 3.05) is 24.8 Å². The molecule has 0 aliphatic carbocycles. The van der Waals surface area contributed by atoms with Gasteiger partial charge in [0.05, 0.1) is 17.8 Å². The van der Waals surface area contributed by atoms with E-state index in [1.165, 1.54) is 26.3 Å². The number of carboxylic acid groups (broad SMARTS) is 1. The topological polar surface area (TPSA) is 122 Å². The number of nitrogens with two attached hydrogens (primary N) is 1. The van der Waals surface area contributed by atoms with Crippen LogP contribution in [0.15, 0.2) is 18.3 Å². The summed E-state index contributed by atoms with van der Waals surface area (Å²) in [4.78, 5) is 18.4. The highest BCUT2D eigenvalue weighted by Gasteiger charge is 2.35. The Hall–Kier alpha value is -2.79. The van der Waals surface area contributed by atoms with Crippen LogP contribution >= 0.6 is 11.6 Å². The number of alkyl halides is 3. The van der Waals surface area contributed by atoms with Gasteiger partial charge in [-0.1, -0.05) is 11.6 Å². The second-order valence-electron chi connectivity index (χ2n) is 5.62. The maximum Gasteiger partial charge on any atom is 0.421 e. The molecule has 1 atom stereocenters. The Balaban J connectivity index is 2.35. The molecule has 0 radical (unpaired) electrons. The maximum absolute atomic E-state index is 12.9. The van der Waals surface area contributed by atoms with E-state index < -0.39 is 29.6 Å². The predicted molar refractivity (Wildman–Crippen MR) is 97.2 cm³/mol. The lowest BCUT2D eigenvalue weighted by molar-refractivity contribution is -0.139. The van der Waals surface area contributed by atoms with Crippen LogP contribution in [-0.4, -0.2) is 41.2 Å². The number of hydrogen-bond donors (Lipinski definition) is 4. The average molecular weight is 420 g/mol. The summed E-state index contributed by atoms with van der Waals surface area (Å²) in [5, 5.41) is 14.2. The number of hydrogen-bond acceptors (Lipinski definition) is 7. The number of methoxy groups -OCH3 is 1. The summed E-state index contributed by atoms with van der Waals surface area (Å²) in [6.45, 7) is 0. The number of nitrogens with one attached hydrogen (secondary N) is 2. The molecule has 1 heterocycles. The van der Waals surface area contributed by atoms with Crippen LogP contribution in [0.1, 0.15) is 11.1 Å². The van der Waals surface area contributed by atoms with Crippen LogP contribution in [-0.2, 0) is 17.4 Å². The number of carboxylic acids is 1. The molecule has 0 bridgehead atoms. The van der Waals surface area contributed by atoms with E-state index in [2.05, 4.69) is 20.6 Å². The van der Waals surface area contributed by atoms with Crippen molar-refractivity contribution in [1.29, 1.82) is 0 Å². The SMILES string of the molecule is CNc1nc(Nc2cc(OC)c(C[C@H](N)C(=O)O)cc2Cl)ncc1C(F)(F)F. The highest BCUT2D eigenvalue weighted by Crippen LogP contribution is 2.36. The minimum atomic E-state index is -4.61. The van der Waals surface area contributed by atoms with Crippen LogP contribution in [0, 0.1) is 0 Å². The van der Waals surface area contributed by atoms with Gasteiger partial charge in [-0.05, 0) is 11.6 Å². The summed E-state index contributed by atoms with van der Waals surface area (Å²) < 4.78 is 44.0. The lowest BCUT2D eigenvalue weighted by Crippen LogP contribution is -2.32. The molecule has 5 N–H and O–H groups in total. The summed E-state index contributed by atoms with van der Waals surface area (Å²) >= 11 is 6.19. The third kappa shape index (κ3) is 4.93. The first kappa shape index (κ1) is 21.5.